The molecule has 3 heterocycles. The van der Waals surface area contributed by atoms with Gasteiger partial charge in [0.2, 0.25) is 11.8 Å². The lowest BCUT2D eigenvalue weighted by atomic mass is 10.0. The predicted molar refractivity (Wildman–Crippen MR) is 143 cm³/mol. The fourth-order valence-corrected chi connectivity index (χ4v) is 7.02. The second kappa shape index (κ2) is 10.8. The first kappa shape index (κ1) is 25.6. The van der Waals surface area contributed by atoms with Crippen LogP contribution in [0.2, 0.25) is 0 Å². The highest BCUT2D eigenvalue weighted by Gasteiger charge is 2.53. The molecule has 7 nitrogen and oxygen atoms in total. The van der Waals surface area contributed by atoms with E-state index in [1.54, 1.807) is 15.9 Å². The summed E-state index contributed by atoms with van der Waals surface area (Å²) in [4.78, 5) is 58.0. The zero-order chi connectivity index (χ0) is 26.1. The summed E-state index contributed by atoms with van der Waals surface area (Å²) >= 11 is 1.40. The van der Waals surface area contributed by atoms with Crippen molar-refractivity contribution in [2.45, 2.75) is 70.5 Å². The van der Waals surface area contributed by atoms with Crippen molar-refractivity contribution >= 4 is 34.8 Å². The van der Waals surface area contributed by atoms with Gasteiger partial charge in [0.05, 0.1) is 17.5 Å². The quantitative estimate of drug-likeness (QED) is 0.594. The molecular formula is C29H35N3O4S. The van der Waals surface area contributed by atoms with Crippen molar-refractivity contribution in [1.29, 1.82) is 0 Å². The second-order valence-electron chi connectivity index (χ2n) is 10.9. The van der Waals surface area contributed by atoms with Crippen molar-refractivity contribution in [2.24, 2.45) is 11.8 Å². The van der Waals surface area contributed by atoms with E-state index in [2.05, 4.69) is 5.32 Å². The number of carbonyl (C=O) groups is 4. The fourth-order valence-electron chi connectivity index (χ4n) is 6.11. The molecule has 5 rings (SSSR count). The zero-order valence-corrected chi connectivity index (χ0v) is 22.3. The van der Waals surface area contributed by atoms with Gasteiger partial charge < -0.3 is 15.1 Å². The van der Waals surface area contributed by atoms with E-state index in [4.69, 9.17) is 0 Å². The number of nitrogens with one attached hydrogen (secondary N) is 1. The molecule has 0 bridgehead atoms. The van der Waals surface area contributed by atoms with Crippen LogP contribution >= 0.6 is 11.3 Å². The van der Waals surface area contributed by atoms with Crippen LogP contribution in [-0.2, 0) is 14.4 Å². The normalized spacial score (nSPS) is 22.5. The van der Waals surface area contributed by atoms with Crippen LogP contribution in [0.15, 0.2) is 42.5 Å². The fraction of sp³-hybridized carbons (Fsp3) is 0.517. The Bertz CT molecular complexity index is 1170. The van der Waals surface area contributed by atoms with Crippen molar-refractivity contribution in [3.8, 4) is 10.4 Å². The molecule has 3 amide bonds. The van der Waals surface area contributed by atoms with Gasteiger partial charge in [-0.05, 0) is 49.3 Å². The summed E-state index contributed by atoms with van der Waals surface area (Å²) in [6.07, 6.45) is 4.99. The van der Waals surface area contributed by atoms with Gasteiger partial charge in [-0.15, -0.1) is 11.3 Å². The van der Waals surface area contributed by atoms with Gasteiger partial charge in [0.15, 0.2) is 5.78 Å². The van der Waals surface area contributed by atoms with Gasteiger partial charge in [-0.1, -0.05) is 57.0 Å². The lowest BCUT2D eigenvalue weighted by molar-refractivity contribution is -0.138. The standard InChI is InChI=1S/C29H35N3O4S/c1-18(2)16-21(30-27(34)25-13-12-24(37-25)19-8-4-3-5-9-19)29(36)31-15-14-22-26(31)23(33)17-32(22)28(35)20-10-6-7-11-20/h3-5,8-9,12-13,18,20-22,26H,6-7,10-11,14-17H2,1-2H3,(H,30,34). The monoisotopic (exact) mass is 521 g/mol. The first-order valence-corrected chi connectivity index (χ1v) is 14.2. The van der Waals surface area contributed by atoms with Crippen molar-refractivity contribution in [1.82, 2.24) is 15.1 Å². The van der Waals surface area contributed by atoms with E-state index in [0.717, 1.165) is 36.1 Å². The average Bonchev–Trinajstić information content (AvgIpc) is 3.69. The topological polar surface area (TPSA) is 86.8 Å². The molecule has 1 aromatic carbocycles. The van der Waals surface area contributed by atoms with Crippen LogP contribution in [0, 0.1) is 11.8 Å². The zero-order valence-electron chi connectivity index (χ0n) is 21.5. The van der Waals surface area contributed by atoms with Gasteiger partial charge in [-0.25, -0.2) is 0 Å². The lowest BCUT2D eigenvalue weighted by Crippen LogP contribution is -2.53. The number of Topliss-reactive ketones (excluding diaryl/α,β-unsaturated/α-hetero) is 1. The van der Waals surface area contributed by atoms with Gasteiger partial charge in [0, 0.05) is 17.3 Å². The maximum absolute atomic E-state index is 13.8. The number of thiophene rings is 1. The summed E-state index contributed by atoms with van der Waals surface area (Å²) < 4.78 is 0. The molecule has 0 spiro atoms. The molecule has 196 valence electrons. The third-order valence-corrected chi connectivity index (χ3v) is 9.02. The van der Waals surface area contributed by atoms with E-state index in [9.17, 15) is 19.2 Å². The summed E-state index contributed by atoms with van der Waals surface area (Å²) in [5.74, 6) is -0.309. The highest BCUT2D eigenvalue weighted by Crippen LogP contribution is 2.35. The SMILES string of the molecule is CC(C)CC(NC(=O)c1ccc(-c2ccccc2)s1)C(=O)N1CCC2C1C(=O)CN2C(=O)C1CCCC1. The summed E-state index contributed by atoms with van der Waals surface area (Å²) in [6.45, 7) is 4.55. The number of likely N-dealkylation sites (tertiary alicyclic amines) is 2. The van der Waals surface area contributed by atoms with Gasteiger partial charge >= 0.3 is 0 Å². The Morgan fingerprint density at radius 3 is 2.43 bits per heavy atom. The third kappa shape index (κ3) is 5.21. The highest BCUT2D eigenvalue weighted by atomic mass is 32.1. The molecule has 3 unspecified atom stereocenters. The molecule has 1 N–H and O–H groups in total. The molecule has 1 aliphatic carbocycles. The van der Waals surface area contributed by atoms with Crippen LogP contribution in [0.5, 0.6) is 0 Å². The minimum Gasteiger partial charge on any atom is -0.340 e. The molecule has 2 aliphatic heterocycles. The summed E-state index contributed by atoms with van der Waals surface area (Å²) in [5.41, 5.74) is 1.04. The van der Waals surface area contributed by atoms with Gasteiger partial charge in [0.1, 0.15) is 12.1 Å². The molecule has 8 heteroatoms. The number of benzene rings is 1. The molecule has 1 aromatic heterocycles. The Hall–Kier alpha value is -3.00. The number of nitrogens with zero attached hydrogens (tertiary/aromatic N) is 2. The molecule has 0 radical (unpaired) electrons. The summed E-state index contributed by atoms with van der Waals surface area (Å²) in [5, 5.41) is 2.97. The Kier molecular flexibility index (Phi) is 7.47. The predicted octanol–water partition coefficient (Wildman–Crippen LogP) is 4.13. The smallest absolute Gasteiger partial charge is 0.262 e. The molecule has 3 aliphatic rings. The van der Waals surface area contributed by atoms with E-state index >= 15 is 0 Å². The van der Waals surface area contributed by atoms with Crippen molar-refractivity contribution in [2.75, 3.05) is 13.1 Å². The Balaban J connectivity index is 1.29. The Morgan fingerprint density at radius 2 is 1.73 bits per heavy atom. The van der Waals surface area contributed by atoms with Crippen LogP contribution in [-0.4, -0.2) is 64.5 Å². The van der Waals surface area contributed by atoms with Gasteiger partial charge in [-0.3, -0.25) is 19.2 Å². The van der Waals surface area contributed by atoms with Crippen LogP contribution in [0.3, 0.4) is 0 Å². The molecule has 3 atom stereocenters. The Morgan fingerprint density at radius 1 is 1.00 bits per heavy atom. The van der Waals surface area contributed by atoms with Crippen molar-refractivity contribution in [3.05, 3.63) is 47.3 Å². The first-order valence-electron chi connectivity index (χ1n) is 13.4. The number of fused-ring (bicyclic) bond motifs is 1. The molecule has 37 heavy (non-hydrogen) atoms. The van der Waals surface area contributed by atoms with E-state index in [1.807, 2.05) is 50.2 Å². The average molecular weight is 522 g/mol. The van der Waals surface area contributed by atoms with E-state index in [0.29, 0.717) is 24.3 Å². The van der Waals surface area contributed by atoms with Crippen LogP contribution in [0.1, 0.15) is 62.0 Å². The maximum atomic E-state index is 13.8. The first-order chi connectivity index (χ1) is 17.8. The maximum Gasteiger partial charge on any atom is 0.262 e. The molecule has 3 fully saturated rings. The number of rotatable bonds is 7. The summed E-state index contributed by atoms with van der Waals surface area (Å²) in [6, 6.07) is 12.0. The summed E-state index contributed by atoms with van der Waals surface area (Å²) in [7, 11) is 0. The number of amides is 3. The number of ketones is 1. The molecule has 2 aromatic rings. The number of hydrogen-bond acceptors (Lipinski definition) is 5. The van der Waals surface area contributed by atoms with Crippen molar-refractivity contribution < 1.29 is 19.2 Å². The van der Waals surface area contributed by atoms with E-state index in [-0.39, 0.29) is 47.9 Å². The number of hydrogen-bond donors (Lipinski definition) is 1. The lowest BCUT2D eigenvalue weighted by Gasteiger charge is -2.29. The molecular weight excluding hydrogens is 486 g/mol. The van der Waals surface area contributed by atoms with Crippen LogP contribution in [0.4, 0.5) is 0 Å². The molecule has 2 saturated heterocycles. The van der Waals surface area contributed by atoms with E-state index in [1.165, 1.54) is 11.3 Å². The van der Waals surface area contributed by atoms with Crippen LogP contribution < -0.4 is 5.32 Å². The minimum atomic E-state index is -0.721. The largest absolute Gasteiger partial charge is 0.340 e. The Labute approximate surface area is 222 Å². The van der Waals surface area contributed by atoms with Crippen molar-refractivity contribution in [3.63, 3.8) is 0 Å². The second-order valence-corrected chi connectivity index (χ2v) is 12.0. The van der Waals surface area contributed by atoms with E-state index < -0.39 is 12.1 Å². The number of carbonyl (C=O) groups excluding carboxylic acids is 4. The van der Waals surface area contributed by atoms with Crippen LogP contribution in [0.25, 0.3) is 10.4 Å². The minimum absolute atomic E-state index is 0.0100. The third-order valence-electron chi connectivity index (χ3n) is 7.89. The van der Waals surface area contributed by atoms with Gasteiger partial charge in [-0.2, -0.15) is 0 Å². The van der Waals surface area contributed by atoms with Gasteiger partial charge in [0.25, 0.3) is 5.91 Å². The highest BCUT2D eigenvalue weighted by molar-refractivity contribution is 7.17. The molecule has 1 saturated carbocycles.